The number of hydrogen-bond donors (Lipinski definition) is 2. The number of aromatic hydroxyl groups is 1. The third-order valence-corrected chi connectivity index (χ3v) is 5.84. The number of thioether (sulfide) groups is 1. The van der Waals surface area contributed by atoms with E-state index < -0.39 is 0 Å². The van der Waals surface area contributed by atoms with Gasteiger partial charge in [0.15, 0.2) is 0 Å². The van der Waals surface area contributed by atoms with Crippen LogP contribution in [0.25, 0.3) is 5.69 Å². The van der Waals surface area contributed by atoms with Gasteiger partial charge in [-0.3, -0.25) is 4.79 Å². The molecule has 1 aliphatic rings. The second-order valence-electron chi connectivity index (χ2n) is 6.62. The minimum atomic E-state index is 0.0104. The number of nitrogens with one attached hydrogen (secondary N) is 1. The summed E-state index contributed by atoms with van der Waals surface area (Å²) in [6, 6.07) is 6.85. The molecule has 1 aliphatic carbocycles. The molecular formula is C17H23N5O2S. The molecule has 3 atom stereocenters. The first kappa shape index (κ1) is 17.7. The first-order valence-electron chi connectivity index (χ1n) is 8.54. The Balaban J connectivity index is 1.58. The Morgan fingerprint density at radius 3 is 2.84 bits per heavy atom. The number of amides is 1. The van der Waals surface area contributed by atoms with Crippen molar-refractivity contribution >= 4 is 17.7 Å². The molecule has 8 heteroatoms. The lowest BCUT2D eigenvalue weighted by Crippen LogP contribution is -2.44. The van der Waals surface area contributed by atoms with Crippen LogP contribution >= 0.6 is 11.8 Å². The van der Waals surface area contributed by atoms with Crippen LogP contribution in [-0.2, 0) is 4.79 Å². The lowest BCUT2D eigenvalue weighted by atomic mass is 9.78. The van der Waals surface area contributed by atoms with Crippen molar-refractivity contribution in [3.63, 3.8) is 0 Å². The zero-order chi connectivity index (χ0) is 17.8. The number of phenols is 1. The zero-order valence-corrected chi connectivity index (χ0v) is 15.2. The summed E-state index contributed by atoms with van der Waals surface area (Å²) in [5.41, 5.74) is 0.737. The quantitative estimate of drug-likeness (QED) is 0.795. The summed E-state index contributed by atoms with van der Waals surface area (Å²) in [6.45, 7) is 4.47. The lowest BCUT2D eigenvalue weighted by molar-refractivity contribution is -0.120. The van der Waals surface area contributed by atoms with E-state index in [-0.39, 0.29) is 23.5 Å². The third kappa shape index (κ3) is 4.31. The Kier molecular flexibility index (Phi) is 5.57. The molecule has 0 saturated heterocycles. The van der Waals surface area contributed by atoms with E-state index in [4.69, 9.17) is 0 Å². The van der Waals surface area contributed by atoms with Gasteiger partial charge in [0.2, 0.25) is 11.1 Å². The maximum atomic E-state index is 12.3. The first-order valence-corrected chi connectivity index (χ1v) is 9.53. The van der Waals surface area contributed by atoms with Gasteiger partial charge in [-0.25, -0.2) is 0 Å². The van der Waals surface area contributed by atoms with E-state index in [0.29, 0.717) is 17.0 Å². The van der Waals surface area contributed by atoms with Gasteiger partial charge < -0.3 is 10.4 Å². The smallest absolute Gasteiger partial charge is 0.230 e. The van der Waals surface area contributed by atoms with Crippen molar-refractivity contribution in [2.24, 2.45) is 11.8 Å². The summed E-state index contributed by atoms with van der Waals surface area (Å²) < 4.78 is 1.56. The van der Waals surface area contributed by atoms with Gasteiger partial charge in [-0.1, -0.05) is 38.5 Å². The summed E-state index contributed by atoms with van der Waals surface area (Å²) in [6.07, 6.45) is 3.46. The molecule has 0 unspecified atom stereocenters. The molecule has 25 heavy (non-hydrogen) atoms. The van der Waals surface area contributed by atoms with Gasteiger partial charge >= 0.3 is 0 Å². The molecule has 0 radical (unpaired) electrons. The molecule has 1 heterocycles. The van der Waals surface area contributed by atoms with Crippen LogP contribution < -0.4 is 5.32 Å². The standard InChI is InChI=1S/C17H23N5O2S/c1-11-4-3-5-15(12(11)2)18-16(24)10-25-17-19-20-21-22(17)13-6-8-14(23)9-7-13/h6-9,11-12,15,23H,3-5,10H2,1-2H3,(H,18,24)/t11-,12-,15+/m1/s1. The van der Waals surface area contributed by atoms with Crippen LogP contribution in [0.1, 0.15) is 33.1 Å². The van der Waals surface area contributed by atoms with Crippen LogP contribution in [0, 0.1) is 11.8 Å². The van der Waals surface area contributed by atoms with Crippen LogP contribution in [0.5, 0.6) is 5.75 Å². The monoisotopic (exact) mass is 361 g/mol. The number of phenolic OH excluding ortho intramolecular Hbond substituents is 1. The normalized spacial score (nSPS) is 23.4. The largest absolute Gasteiger partial charge is 0.508 e. The lowest BCUT2D eigenvalue weighted by Gasteiger charge is -2.34. The highest BCUT2D eigenvalue weighted by Crippen LogP contribution is 2.29. The molecule has 1 fully saturated rings. The van der Waals surface area contributed by atoms with Crippen molar-refractivity contribution in [1.82, 2.24) is 25.5 Å². The van der Waals surface area contributed by atoms with Crippen molar-refractivity contribution in [3.8, 4) is 11.4 Å². The highest BCUT2D eigenvalue weighted by molar-refractivity contribution is 7.99. The maximum Gasteiger partial charge on any atom is 0.230 e. The molecule has 1 aromatic heterocycles. The SMILES string of the molecule is C[C@@H]1[C@H](C)CCC[C@@H]1NC(=O)CSc1nnnn1-c1ccc(O)cc1. The number of carbonyl (C=O) groups excluding carboxylic acids is 1. The van der Waals surface area contributed by atoms with Crippen LogP contribution in [0.4, 0.5) is 0 Å². The van der Waals surface area contributed by atoms with Gasteiger partial charge in [-0.05, 0) is 52.9 Å². The number of tetrazole rings is 1. The third-order valence-electron chi connectivity index (χ3n) is 4.92. The molecule has 2 N–H and O–H groups in total. The number of rotatable bonds is 5. The van der Waals surface area contributed by atoms with Crippen LogP contribution in [0.3, 0.4) is 0 Å². The predicted octanol–water partition coefficient (Wildman–Crippen LogP) is 2.40. The molecule has 0 aliphatic heterocycles. The van der Waals surface area contributed by atoms with Gasteiger partial charge in [0, 0.05) is 6.04 Å². The van der Waals surface area contributed by atoms with Crippen LogP contribution in [-0.4, -0.2) is 43.0 Å². The molecule has 0 bridgehead atoms. The van der Waals surface area contributed by atoms with Gasteiger partial charge in [-0.2, -0.15) is 4.68 Å². The van der Waals surface area contributed by atoms with Gasteiger partial charge in [0.05, 0.1) is 11.4 Å². The predicted molar refractivity (Wildman–Crippen MR) is 95.7 cm³/mol. The number of hydrogen-bond acceptors (Lipinski definition) is 6. The van der Waals surface area contributed by atoms with Gasteiger partial charge in [-0.15, -0.1) is 5.10 Å². The molecule has 1 amide bonds. The van der Waals surface area contributed by atoms with Crippen molar-refractivity contribution in [2.75, 3.05) is 5.75 Å². The van der Waals surface area contributed by atoms with Crippen molar-refractivity contribution in [2.45, 2.75) is 44.3 Å². The zero-order valence-electron chi connectivity index (χ0n) is 14.4. The van der Waals surface area contributed by atoms with E-state index in [1.807, 2.05) is 0 Å². The molecule has 2 aromatic rings. The van der Waals surface area contributed by atoms with E-state index in [9.17, 15) is 9.90 Å². The van der Waals surface area contributed by atoms with Gasteiger partial charge in [0.25, 0.3) is 0 Å². The average molecular weight is 361 g/mol. The summed E-state index contributed by atoms with van der Waals surface area (Å²) in [5, 5.41) is 24.7. The summed E-state index contributed by atoms with van der Waals surface area (Å²) in [5.74, 6) is 1.62. The molecule has 134 valence electrons. The van der Waals surface area contributed by atoms with Crippen molar-refractivity contribution < 1.29 is 9.90 Å². The fourth-order valence-electron chi connectivity index (χ4n) is 3.19. The first-order chi connectivity index (χ1) is 12.0. The number of nitrogens with zero attached hydrogens (tertiary/aromatic N) is 4. The topological polar surface area (TPSA) is 92.9 Å². The summed E-state index contributed by atoms with van der Waals surface area (Å²) in [4.78, 5) is 12.3. The number of aromatic nitrogens is 4. The van der Waals surface area contributed by atoms with E-state index in [0.717, 1.165) is 12.1 Å². The number of benzene rings is 1. The molecule has 1 saturated carbocycles. The minimum Gasteiger partial charge on any atom is -0.508 e. The molecule has 0 spiro atoms. The number of carbonyl (C=O) groups is 1. The highest BCUT2D eigenvalue weighted by Gasteiger charge is 2.28. The second kappa shape index (κ2) is 7.86. The van der Waals surface area contributed by atoms with Gasteiger partial charge in [0.1, 0.15) is 5.75 Å². The summed E-state index contributed by atoms with van der Waals surface area (Å²) in [7, 11) is 0. The van der Waals surface area contributed by atoms with Crippen molar-refractivity contribution in [3.05, 3.63) is 24.3 Å². The Labute approximate surface area is 151 Å². The van der Waals surface area contributed by atoms with Crippen LogP contribution in [0.15, 0.2) is 29.4 Å². The Morgan fingerprint density at radius 2 is 2.08 bits per heavy atom. The Bertz CT molecular complexity index is 718. The summed E-state index contributed by atoms with van der Waals surface area (Å²) >= 11 is 1.30. The molecular weight excluding hydrogens is 338 g/mol. The Morgan fingerprint density at radius 1 is 1.32 bits per heavy atom. The Hall–Kier alpha value is -2.09. The fourth-order valence-corrected chi connectivity index (χ4v) is 3.89. The van der Waals surface area contributed by atoms with Crippen LogP contribution in [0.2, 0.25) is 0 Å². The van der Waals surface area contributed by atoms with E-state index >= 15 is 0 Å². The van der Waals surface area contributed by atoms with E-state index in [1.54, 1.807) is 28.9 Å². The van der Waals surface area contributed by atoms with Crippen molar-refractivity contribution in [1.29, 1.82) is 0 Å². The molecule has 7 nitrogen and oxygen atoms in total. The molecule has 1 aromatic carbocycles. The second-order valence-corrected chi connectivity index (χ2v) is 7.56. The molecule has 3 rings (SSSR count). The fraction of sp³-hybridized carbons (Fsp3) is 0.529. The van der Waals surface area contributed by atoms with E-state index in [1.165, 1.54) is 24.6 Å². The van der Waals surface area contributed by atoms with E-state index in [2.05, 4.69) is 34.7 Å². The maximum absolute atomic E-state index is 12.3. The minimum absolute atomic E-state index is 0.0104. The highest BCUT2D eigenvalue weighted by atomic mass is 32.2. The average Bonchev–Trinajstić information content (AvgIpc) is 3.06.